The van der Waals surface area contributed by atoms with Gasteiger partial charge in [0.25, 0.3) is 0 Å². The predicted molar refractivity (Wildman–Crippen MR) is 436 cm³/mol. The van der Waals surface area contributed by atoms with E-state index in [2.05, 4.69) is 0 Å². The molecule has 129 heavy (non-hydrogen) atoms. The van der Waals surface area contributed by atoms with Crippen molar-refractivity contribution >= 4 is 11.9 Å². The summed E-state index contributed by atoms with van der Waals surface area (Å²) in [5, 5.41) is 301. The van der Waals surface area contributed by atoms with Crippen LogP contribution in [0.1, 0.15) is 107 Å². The Balaban J connectivity index is 0.000000140. The fourth-order valence-corrected chi connectivity index (χ4v) is 14.5. The van der Waals surface area contributed by atoms with Crippen LogP contribution in [0.15, 0.2) is 164 Å². The third-order valence-electron chi connectivity index (χ3n) is 20.8. The lowest BCUT2D eigenvalue weighted by atomic mass is 9.93. The lowest BCUT2D eigenvalue weighted by Gasteiger charge is -2.34. The van der Waals surface area contributed by atoms with Gasteiger partial charge in [-0.15, -0.1) is 0 Å². The first kappa shape index (κ1) is 89.6. The van der Waals surface area contributed by atoms with Crippen LogP contribution in [0.3, 0.4) is 0 Å². The molecule has 0 aliphatic carbocycles. The van der Waals surface area contributed by atoms with Gasteiger partial charge >= 0.3 is 11.9 Å². The molecule has 0 saturated heterocycles. The highest BCUT2D eigenvalue weighted by Gasteiger charge is 2.42. The molecule has 0 aromatic heterocycles. The van der Waals surface area contributed by atoms with Crippen molar-refractivity contribution in [3.63, 3.8) is 0 Å². The number of hydrogen-bond acceptors (Lipinski definition) is 40. The van der Waals surface area contributed by atoms with Crippen LogP contribution in [0.2, 0.25) is 0 Å². The molecule has 0 amide bonds. The Morgan fingerprint density at radius 1 is 0.217 bits per heavy atom. The molecular formula is C89H78O40. The van der Waals surface area contributed by atoms with Gasteiger partial charge in [-0.3, -0.25) is 0 Å². The van der Waals surface area contributed by atoms with E-state index in [0.717, 1.165) is 66.7 Å². The van der Waals surface area contributed by atoms with E-state index in [-0.39, 0.29) is 180 Å². The normalized spacial score (nSPS) is 18.8. The number of aliphatic hydroxyl groups excluding tert-OH is 3. The first-order valence-corrected chi connectivity index (χ1v) is 38.0. The number of ether oxygens (including phenoxy) is 7. The third-order valence-corrected chi connectivity index (χ3v) is 20.8. The second-order valence-corrected chi connectivity index (χ2v) is 29.8. The van der Waals surface area contributed by atoms with Crippen molar-refractivity contribution in [2.75, 3.05) is 0 Å². The van der Waals surface area contributed by atoms with Crippen LogP contribution in [0.5, 0.6) is 190 Å². The van der Waals surface area contributed by atoms with E-state index in [1.54, 1.807) is 0 Å². The summed E-state index contributed by atoms with van der Waals surface area (Å²) in [4.78, 5) is 25.4. The number of aromatic hydroxyl groups is 28. The highest BCUT2D eigenvalue weighted by atomic mass is 16.6. The molecule has 0 unspecified atom stereocenters. The van der Waals surface area contributed by atoms with Gasteiger partial charge < -0.3 is 191 Å². The number of esters is 2. The quantitative estimate of drug-likeness (QED) is 0.0473. The van der Waals surface area contributed by atoms with Gasteiger partial charge in [0.05, 0.1) is 29.4 Å². The Morgan fingerprint density at radius 2 is 0.419 bits per heavy atom. The highest BCUT2D eigenvalue weighted by molar-refractivity contribution is 5.92. The van der Waals surface area contributed by atoms with Crippen LogP contribution in [-0.4, -0.2) is 201 Å². The third kappa shape index (κ3) is 19.2. The van der Waals surface area contributed by atoms with Crippen LogP contribution in [0, 0.1) is 0 Å². The molecule has 12 aromatic rings. The number of phenolic OH excluding ortho intramolecular Hbond substituents is 28. The molecule has 0 bridgehead atoms. The van der Waals surface area contributed by atoms with Gasteiger partial charge in [-0.25, -0.2) is 9.59 Å². The molecule has 0 fully saturated rings. The zero-order valence-electron chi connectivity index (χ0n) is 65.9. The Bertz CT molecular complexity index is 6140. The number of rotatable bonds is 9. The van der Waals surface area contributed by atoms with Crippen LogP contribution in [-0.2, 0) is 41.6 Å². The minimum Gasteiger partial charge on any atom is -0.508 e. The van der Waals surface area contributed by atoms with Gasteiger partial charge in [0.15, 0.2) is 122 Å². The van der Waals surface area contributed by atoms with E-state index in [9.17, 15) is 168 Å². The number of benzene rings is 12. The molecule has 0 radical (unpaired) electrons. The average Bonchev–Trinajstić information content (AvgIpc) is 0.826. The summed E-state index contributed by atoms with van der Waals surface area (Å²) >= 11 is 0. The molecule has 10 atom stereocenters. The Hall–Kier alpha value is -17.1. The van der Waals surface area contributed by atoms with Gasteiger partial charge in [0.2, 0.25) is 0 Å². The molecule has 40 nitrogen and oxygen atoms in total. The standard InChI is InChI=1S/C22H18O11.C22H18O10.C15H14O7.2C15H14O6/c23-10-5-12(24)11-7-18(33-22(31)9-3-15(27)20(30)16(28)4-9)21(32-17(11)6-10)8-1-13(25)19(29)14(26)2-8;23-11-6-14(25)12-8-19(32-22(30)10-4-16(27)20(29)17(28)5-10)21(31-18(12)7-11)9-1-2-13(24)15(26)3-9;16-7-3-9(17)8-5-12(20)15(22-13(8)4-7)6-1-10(18)14(21)11(19)2-6;2*16-8-4-11(18)9-6-13(20)15(21-14(9)5-8)7-1-2-10(17)12(19)3-7/h1-6,18,21,23-30H,7H2;1-7,19,21,23-29H,8H2;1-4,12,15-21H,5H2;2*1-5,13,15-20H,6H2/t18-,21-;19-,21-;12-,15+;13-,15+;13-,15-/m00000/s1. The summed E-state index contributed by atoms with van der Waals surface area (Å²) in [6.45, 7) is 0. The minimum atomic E-state index is -1.18. The van der Waals surface area contributed by atoms with Crippen molar-refractivity contribution in [3.05, 3.63) is 231 Å². The number of hydrogen-bond donors (Lipinski definition) is 31. The van der Waals surface area contributed by atoms with E-state index in [0.29, 0.717) is 33.4 Å². The summed E-state index contributed by atoms with van der Waals surface area (Å²) in [6.07, 6.45) is -9.66. The van der Waals surface area contributed by atoms with Gasteiger partial charge in [-0.2, -0.15) is 0 Å². The van der Waals surface area contributed by atoms with Crippen molar-refractivity contribution < 1.29 is 201 Å². The van der Waals surface area contributed by atoms with E-state index >= 15 is 0 Å². The maximum Gasteiger partial charge on any atom is 0.338 e. The summed E-state index contributed by atoms with van der Waals surface area (Å²) in [6, 6.07) is 32.4. The van der Waals surface area contributed by atoms with Crippen molar-refractivity contribution in [2.45, 2.75) is 93.1 Å². The lowest BCUT2D eigenvalue weighted by molar-refractivity contribution is -0.0192. The lowest BCUT2D eigenvalue weighted by Crippen LogP contribution is -2.34. The first-order chi connectivity index (χ1) is 60.9. The molecule has 31 N–H and O–H groups in total. The summed E-state index contributed by atoms with van der Waals surface area (Å²) in [5.74, 6) is -13.6. The zero-order chi connectivity index (χ0) is 93.5. The largest absolute Gasteiger partial charge is 0.508 e. The Morgan fingerprint density at radius 3 is 0.674 bits per heavy atom. The predicted octanol–water partition coefficient (Wildman–Crippen LogP) is 9.10. The molecule has 5 aliphatic heterocycles. The Kier molecular flexibility index (Phi) is 25.0. The van der Waals surface area contributed by atoms with Gasteiger partial charge in [0, 0.05) is 137 Å². The smallest absolute Gasteiger partial charge is 0.338 e. The maximum atomic E-state index is 12.7. The molecule has 0 spiro atoms. The van der Waals surface area contributed by atoms with Crippen molar-refractivity contribution in [1.82, 2.24) is 0 Å². The molecule has 0 saturated carbocycles. The van der Waals surface area contributed by atoms with Crippen molar-refractivity contribution in [1.29, 1.82) is 0 Å². The fraction of sp³-hybridized carbons (Fsp3) is 0.169. The number of carbonyl (C=O) groups excluding carboxylic acids is 2. The SMILES string of the molecule is O=C(O[C@H]1Cc2c(O)cc(O)cc2O[C@H]1c1cc(O)c(O)c(O)c1)c1cc(O)c(O)c(O)c1.O=C(O[C@H]1Cc2c(O)cc(O)cc2O[C@H]1c1ccc(O)c(O)c1)c1cc(O)c(O)c(O)c1.Oc1cc(O)c2c(c1)O[C@@H](c1ccc(O)c(O)c1)[C@@H](O)C2.Oc1cc(O)c2c(c1)O[C@H](c1cc(O)c(O)c(O)c1)[C@@H](O)C2.Oc1cc(O)c2c(c1)O[C@H](c1ccc(O)c(O)c1)[C@@H](O)C2. The molecule has 17 rings (SSSR count). The fourth-order valence-electron chi connectivity index (χ4n) is 14.5. The molecule has 674 valence electrons. The number of aliphatic hydroxyl groups is 3. The second kappa shape index (κ2) is 36.0. The van der Waals surface area contributed by atoms with Gasteiger partial charge in [0.1, 0.15) is 111 Å². The summed E-state index contributed by atoms with van der Waals surface area (Å²) in [7, 11) is 0. The molecule has 12 aromatic carbocycles. The number of carbonyl (C=O) groups is 2. The van der Waals surface area contributed by atoms with E-state index in [4.69, 9.17) is 33.2 Å². The molecule has 40 heteroatoms. The van der Waals surface area contributed by atoms with E-state index < -0.39 is 148 Å². The molecule has 5 heterocycles. The van der Waals surface area contributed by atoms with Crippen molar-refractivity contribution in [2.24, 2.45) is 0 Å². The topological polar surface area (TPSA) is 726 Å². The van der Waals surface area contributed by atoms with Crippen LogP contribution in [0.4, 0.5) is 0 Å². The van der Waals surface area contributed by atoms with Gasteiger partial charge in [-0.05, 0) is 96.1 Å². The van der Waals surface area contributed by atoms with Crippen LogP contribution >= 0.6 is 0 Å². The number of phenols is 28. The van der Waals surface area contributed by atoms with Crippen molar-refractivity contribution in [3.8, 4) is 190 Å². The summed E-state index contributed by atoms with van der Waals surface area (Å²) in [5.41, 5.74) is 2.69. The first-order valence-electron chi connectivity index (χ1n) is 38.0. The van der Waals surface area contributed by atoms with Gasteiger partial charge in [-0.1, -0.05) is 18.2 Å². The van der Waals surface area contributed by atoms with E-state index in [1.165, 1.54) is 97.1 Å². The van der Waals surface area contributed by atoms with Crippen LogP contribution < -0.4 is 23.7 Å². The highest BCUT2D eigenvalue weighted by Crippen LogP contribution is 2.52. The second-order valence-electron chi connectivity index (χ2n) is 29.8. The zero-order valence-corrected chi connectivity index (χ0v) is 65.9. The summed E-state index contributed by atoms with van der Waals surface area (Å²) < 4.78 is 39.5. The average molecular weight is 1790 g/mol. The van der Waals surface area contributed by atoms with Crippen LogP contribution in [0.25, 0.3) is 0 Å². The maximum absolute atomic E-state index is 12.7. The minimum absolute atomic E-state index is 0.0461. The molecular weight excluding hydrogens is 1710 g/mol. The number of fused-ring (bicyclic) bond motifs is 5. The Labute approximate surface area is 723 Å². The molecule has 5 aliphatic rings. The van der Waals surface area contributed by atoms with E-state index in [1.807, 2.05) is 0 Å². The monoisotopic (exact) mass is 1790 g/mol.